The lowest BCUT2D eigenvalue weighted by Crippen LogP contribution is -2.20. The Morgan fingerprint density at radius 1 is 1.12 bits per heavy atom. The number of esters is 1. The first-order valence-corrected chi connectivity index (χ1v) is 9.54. The number of thioether (sulfide) groups is 1. The van der Waals surface area contributed by atoms with Crippen molar-refractivity contribution in [3.05, 3.63) is 75.9 Å². The van der Waals surface area contributed by atoms with Gasteiger partial charge in [-0.2, -0.15) is 0 Å². The third-order valence-corrected chi connectivity index (χ3v) is 5.57. The maximum Gasteiger partial charge on any atom is 0.349 e. The second-order valence-electron chi connectivity index (χ2n) is 7.64. The summed E-state index contributed by atoms with van der Waals surface area (Å²) < 4.78 is 5.61. The predicted molar refractivity (Wildman–Crippen MR) is 105 cm³/mol. The normalized spacial score (nSPS) is 18.0. The molecule has 0 fully saturated rings. The Hall–Kier alpha value is -2.20. The molecule has 1 aliphatic rings. The molecule has 0 saturated carbocycles. The molecule has 4 heteroatoms. The van der Waals surface area contributed by atoms with E-state index in [4.69, 9.17) is 4.74 Å². The molecule has 2 aromatic rings. The summed E-state index contributed by atoms with van der Waals surface area (Å²) in [6.07, 6.45) is -0.137. The maximum absolute atomic E-state index is 12.6. The lowest BCUT2D eigenvalue weighted by Gasteiger charge is -2.26. The molecule has 0 radical (unpaired) electrons. The average molecular weight is 368 g/mol. The Balaban J connectivity index is 1.91. The van der Waals surface area contributed by atoms with Crippen molar-refractivity contribution in [2.24, 2.45) is 0 Å². The summed E-state index contributed by atoms with van der Waals surface area (Å²) in [6, 6.07) is 15.7. The average Bonchev–Trinajstić information content (AvgIpc) is 2.57. The molecule has 26 heavy (non-hydrogen) atoms. The third kappa shape index (κ3) is 3.96. The van der Waals surface area contributed by atoms with Crippen molar-refractivity contribution in [1.82, 2.24) is 0 Å². The van der Waals surface area contributed by atoms with Crippen LogP contribution in [0.4, 0.5) is 0 Å². The molecule has 3 nitrogen and oxygen atoms in total. The van der Waals surface area contributed by atoms with Gasteiger partial charge in [0.2, 0.25) is 0 Å². The number of aliphatic hydroxyl groups excluding tert-OH is 1. The van der Waals surface area contributed by atoms with E-state index in [1.807, 2.05) is 37.3 Å². The number of cyclic esters (lactones) is 1. The Kier molecular flexibility index (Phi) is 5.15. The number of carbonyl (C=O) groups is 1. The quantitative estimate of drug-likeness (QED) is 0.691. The van der Waals surface area contributed by atoms with Crippen LogP contribution in [0, 0.1) is 6.92 Å². The first kappa shape index (κ1) is 18.6. The van der Waals surface area contributed by atoms with Gasteiger partial charge in [-0.3, -0.25) is 0 Å². The highest BCUT2D eigenvalue weighted by Gasteiger charge is 2.32. The van der Waals surface area contributed by atoms with Crippen LogP contribution in [0.2, 0.25) is 0 Å². The number of carbonyl (C=O) groups excluding carboxylic acids is 1. The van der Waals surface area contributed by atoms with E-state index in [1.54, 1.807) is 0 Å². The van der Waals surface area contributed by atoms with Gasteiger partial charge in [0.1, 0.15) is 16.8 Å². The molecule has 1 aliphatic heterocycles. The zero-order valence-corrected chi connectivity index (χ0v) is 16.4. The summed E-state index contributed by atoms with van der Waals surface area (Å²) in [5, 5.41) is 10.6. The molecule has 1 heterocycles. The molecule has 1 unspecified atom stereocenters. The molecular weight excluding hydrogens is 344 g/mol. The maximum atomic E-state index is 12.6. The largest absolute Gasteiger partial charge is 0.511 e. The number of aryl methyl sites for hydroxylation is 1. The van der Waals surface area contributed by atoms with Crippen LogP contribution in [0.3, 0.4) is 0 Å². The smallest absolute Gasteiger partial charge is 0.349 e. The molecule has 136 valence electrons. The van der Waals surface area contributed by atoms with Gasteiger partial charge in [0.15, 0.2) is 0 Å². The first-order valence-electron chi connectivity index (χ1n) is 8.72. The lowest BCUT2D eigenvalue weighted by atomic mass is 9.86. The van der Waals surface area contributed by atoms with E-state index in [2.05, 4.69) is 39.0 Å². The molecular formula is C22H24O3S. The number of hydrogen-bond acceptors (Lipinski definition) is 4. The fraction of sp³-hybridized carbons (Fsp3) is 0.318. The Bertz CT molecular complexity index is 847. The van der Waals surface area contributed by atoms with Crippen molar-refractivity contribution >= 4 is 17.7 Å². The monoisotopic (exact) mass is 368 g/mol. The van der Waals surface area contributed by atoms with Crippen LogP contribution >= 0.6 is 11.8 Å². The summed E-state index contributed by atoms with van der Waals surface area (Å²) in [6.45, 7) is 8.44. The summed E-state index contributed by atoms with van der Waals surface area (Å²) in [5.41, 5.74) is 3.10. The van der Waals surface area contributed by atoms with Gasteiger partial charge in [0.05, 0.1) is 0 Å². The molecule has 1 atom stereocenters. The van der Waals surface area contributed by atoms with Crippen LogP contribution in [0.25, 0.3) is 0 Å². The van der Waals surface area contributed by atoms with Crippen LogP contribution < -0.4 is 0 Å². The van der Waals surface area contributed by atoms with Crippen molar-refractivity contribution < 1.29 is 14.6 Å². The Morgan fingerprint density at radius 2 is 1.81 bits per heavy atom. The molecule has 0 spiro atoms. The molecule has 0 bridgehead atoms. The molecule has 0 amide bonds. The fourth-order valence-corrected chi connectivity index (χ4v) is 4.29. The summed E-state index contributed by atoms with van der Waals surface area (Å²) in [7, 11) is 0. The molecule has 3 rings (SSSR count). The summed E-state index contributed by atoms with van der Waals surface area (Å²) in [5.74, 6) is -0.365. The van der Waals surface area contributed by atoms with E-state index in [0.29, 0.717) is 6.42 Å². The van der Waals surface area contributed by atoms with Gasteiger partial charge in [-0.1, -0.05) is 75.0 Å². The fourth-order valence-electron chi connectivity index (χ4n) is 3.01. The highest BCUT2D eigenvalue weighted by Crippen LogP contribution is 2.42. The van der Waals surface area contributed by atoms with Crippen molar-refractivity contribution in [1.29, 1.82) is 0 Å². The minimum atomic E-state index is -0.464. The third-order valence-electron chi connectivity index (χ3n) is 4.40. The topological polar surface area (TPSA) is 46.5 Å². The zero-order chi connectivity index (χ0) is 18.9. The summed E-state index contributed by atoms with van der Waals surface area (Å²) >= 11 is 1.30. The minimum Gasteiger partial charge on any atom is -0.511 e. The number of ether oxygens (including phenoxy) is 1. The minimum absolute atomic E-state index is 0.0582. The van der Waals surface area contributed by atoms with Gasteiger partial charge in [-0.15, -0.1) is 0 Å². The van der Waals surface area contributed by atoms with E-state index in [0.717, 1.165) is 21.6 Å². The van der Waals surface area contributed by atoms with Gasteiger partial charge in [0, 0.05) is 11.3 Å². The number of benzene rings is 2. The molecule has 0 aliphatic carbocycles. The second kappa shape index (κ2) is 7.20. The van der Waals surface area contributed by atoms with E-state index >= 15 is 0 Å². The number of aliphatic hydroxyl groups is 1. The van der Waals surface area contributed by atoms with E-state index < -0.39 is 12.1 Å². The SMILES string of the molecule is Cc1ccc(C(C)(C)C)c(SC2=C(O)CC(c3ccccc3)OC2=O)c1. The Labute approximate surface area is 159 Å². The van der Waals surface area contributed by atoms with Crippen LogP contribution in [0.5, 0.6) is 0 Å². The molecule has 1 N–H and O–H groups in total. The highest BCUT2D eigenvalue weighted by atomic mass is 32.2. The standard InChI is InChI=1S/C22H24O3S/c1-14-10-11-16(22(2,3)4)19(12-14)26-20-17(23)13-18(25-21(20)24)15-8-6-5-7-9-15/h5-12,18,23H,13H2,1-4H3. The lowest BCUT2D eigenvalue weighted by molar-refractivity contribution is -0.146. The number of rotatable bonds is 3. The van der Waals surface area contributed by atoms with Crippen LogP contribution in [-0.2, 0) is 14.9 Å². The van der Waals surface area contributed by atoms with Gasteiger partial charge in [-0.25, -0.2) is 4.79 Å². The molecule has 2 aromatic carbocycles. The Morgan fingerprint density at radius 3 is 2.42 bits per heavy atom. The first-order chi connectivity index (χ1) is 12.3. The van der Waals surface area contributed by atoms with Crippen molar-refractivity contribution in [2.75, 3.05) is 0 Å². The molecule has 0 saturated heterocycles. The van der Waals surface area contributed by atoms with Gasteiger partial charge < -0.3 is 9.84 Å². The zero-order valence-electron chi connectivity index (χ0n) is 15.6. The number of hydrogen-bond donors (Lipinski definition) is 1. The van der Waals surface area contributed by atoms with Crippen molar-refractivity contribution in [3.8, 4) is 0 Å². The van der Waals surface area contributed by atoms with Gasteiger partial charge in [-0.05, 0) is 35.1 Å². The van der Waals surface area contributed by atoms with Crippen LogP contribution in [0.15, 0.2) is 64.1 Å². The van der Waals surface area contributed by atoms with Crippen molar-refractivity contribution in [2.45, 2.75) is 50.5 Å². The summed E-state index contributed by atoms with van der Waals surface area (Å²) in [4.78, 5) is 13.8. The van der Waals surface area contributed by atoms with Crippen molar-refractivity contribution in [3.63, 3.8) is 0 Å². The van der Waals surface area contributed by atoms with Gasteiger partial charge >= 0.3 is 5.97 Å². The predicted octanol–water partition coefficient (Wildman–Crippen LogP) is 5.84. The molecule has 0 aromatic heterocycles. The van der Waals surface area contributed by atoms with Gasteiger partial charge in [0.25, 0.3) is 0 Å². The van der Waals surface area contributed by atoms with E-state index in [9.17, 15) is 9.90 Å². The van der Waals surface area contributed by atoms with E-state index in [1.165, 1.54) is 11.8 Å². The van der Waals surface area contributed by atoms with Crippen LogP contribution in [0.1, 0.15) is 50.0 Å². The highest BCUT2D eigenvalue weighted by molar-refractivity contribution is 8.04. The van der Waals surface area contributed by atoms with Crippen LogP contribution in [-0.4, -0.2) is 11.1 Å². The second-order valence-corrected chi connectivity index (χ2v) is 8.69. The van der Waals surface area contributed by atoms with E-state index in [-0.39, 0.29) is 16.1 Å².